The molecule has 3 N–H and O–H groups in total. The monoisotopic (exact) mass is 211 g/mol. The summed E-state index contributed by atoms with van der Waals surface area (Å²) in [7, 11) is 0. The lowest BCUT2D eigenvalue weighted by Crippen LogP contribution is -1.98. The van der Waals surface area contributed by atoms with Gasteiger partial charge in [0.05, 0.1) is 6.20 Å². The maximum absolute atomic E-state index is 10.8. The topological polar surface area (TPSA) is 94.9 Å². The molecule has 72 valence electrons. The number of nitrogens with zero attached hydrogens (tertiary/aromatic N) is 1. The molecule has 2 heterocycles. The Labute approximate surface area is 82.6 Å². The predicted octanol–water partition coefficient (Wildman–Crippen LogP) is 1.43. The van der Waals surface area contributed by atoms with Crippen LogP contribution in [0, 0.1) is 4.77 Å². The van der Waals surface area contributed by atoms with Gasteiger partial charge >= 0.3 is 5.97 Å². The molecule has 0 aliphatic carbocycles. The molecule has 6 nitrogen and oxygen atoms in total. The number of oxazole rings is 1. The van der Waals surface area contributed by atoms with Gasteiger partial charge in [-0.3, -0.25) is 0 Å². The third-order valence-corrected chi connectivity index (χ3v) is 1.82. The zero-order valence-electron chi connectivity index (χ0n) is 6.77. The third-order valence-electron chi connectivity index (χ3n) is 1.62. The molecule has 0 aromatic carbocycles. The van der Waals surface area contributed by atoms with Gasteiger partial charge in [-0.25, -0.2) is 9.78 Å². The number of hydrogen-bond acceptors (Lipinski definition) is 4. The highest BCUT2D eigenvalue weighted by Crippen LogP contribution is 2.19. The van der Waals surface area contributed by atoms with Crippen LogP contribution >= 0.6 is 12.2 Å². The summed E-state index contributed by atoms with van der Waals surface area (Å²) < 4.78 is 5.18. The van der Waals surface area contributed by atoms with Crippen LogP contribution in [0.15, 0.2) is 17.0 Å². The van der Waals surface area contributed by atoms with Crippen molar-refractivity contribution in [3.05, 3.63) is 23.1 Å². The molecule has 0 spiro atoms. The number of nitrogens with one attached hydrogen (secondary N) is 2. The number of imidazole rings is 1. The van der Waals surface area contributed by atoms with Crippen LogP contribution < -0.4 is 0 Å². The summed E-state index contributed by atoms with van der Waals surface area (Å²) in [4.78, 5) is 19.6. The standard InChI is InChI=1S/C7H5N3O3S/c11-6(12)5-4(9-7(14)10-5)3-1-8-2-13-3/h1-2H,(H,11,12)(H2,9,10,14). The number of carboxylic acids is 1. The maximum atomic E-state index is 10.8. The summed E-state index contributed by atoms with van der Waals surface area (Å²) in [6.07, 6.45) is 2.62. The van der Waals surface area contributed by atoms with Gasteiger partial charge in [0.25, 0.3) is 0 Å². The first kappa shape index (κ1) is 8.70. The van der Waals surface area contributed by atoms with Gasteiger partial charge in [0.1, 0.15) is 5.69 Å². The molecular weight excluding hydrogens is 206 g/mol. The van der Waals surface area contributed by atoms with E-state index in [0.717, 1.165) is 0 Å². The molecule has 0 atom stereocenters. The van der Waals surface area contributed by atoms with E-state index in [1.165, 1.54) is 12.6 Å². The van der Waals surface area contributed by atoms with Gasteiger partial charge in [-0.1, -0.05) is 0 Å². The van der Waals surface area contributed by atoms with Crippen LogP contribution in [-0.2, 0) is 0 Å². The number of carbonyl (C=O) groups is 1. The Morgan fingerprint density at radius 2 is 2.36 bits per heavy atom. The Hall–Kier alpha value is -1.89. The second-order valence-corrected chi connectivity index (χ2v) is 2.91. The number of H-pyrrole nitrogens is 2. The molecule has 14 heavy (non-hydrogen) atoms. The lowest BCUT2D eigenvalue weighted by Gasteiger charge is -1.92. The van der Waals surface area contributed by atoms with Crippen molar-refractivity contribution in [1.82, 2.24) is 15.0 Å². The SMILES string of the molecule is O=C(O)c1[nH]c(=S)[nH]c1-c1cnco1. The largest absolute Gasteiger partial charge is 0.477 e. The summed E-state index contributed by atoms with van der Waals surface area (Å²) in [5.41, 5.74) is 0.256. The minimum atomic E-state index is -1.11. The molecule has 0 saturated carbocycles. The van der Waals surface area contributed by atoms with E-state index in [1.807, 2.05) is 0 Å². The molecule has 0 saturated heterocycles. The summed E-state index contributed by atoms with van der Waals surface area (Å²) in [6.45, 7) is 0. The number of aromatic amines is 2. The van der Waals surface area contributed by atoms with E-state index in [9.17, 15) is 4.79 Å². The third kappa shape index (κ3) is 1.33. The van der Waals surface area contributed by atoms with Crippen molar-refractivity contribution in [2.75, 3.05) is 0 Å². The minimum Gasteiger partial charge on any atom is -0.477 e. The van der Waals surface area contributed by atoms with Crippen molar-refractivity contribution in [2.24, 2.45) is 0 Å². The average molecular weight is 211 g/mol. The van der Waals surface area contributed by atoms with E-state index in [2.05, 4.69) is 15.0 Å². The van der Waals surface area contributed by atoms with Gasteiger partial charge in [0, 0.05) is 0 Å². The number of hydrogen-bond donors (Lipinski definition) is 3. The molecule has 0 aliphatic heterocycles. The lowest BCUT2D eigenvalue weighted by atomic mass is 10.3. The van der Waals surface area contributed by atoms with Gasteiger partial charge < -0.3 is 19.5 Å². The highest BCUT2D eigenvalue weighted by atomic mass is 32.1. The van der Waals surface area contributed by atoms with E-state index in [1.54, 1.807) is 0 Å². The fraction of sp³-hybridized carbons (Fsp3) is 0. The van der Waals surface area contributed by atoms with Gasteiger partial charge in [-0.05, 0) is 12.2 Å². The zero-order valence-corrected chi connectivity index (χ0v) is 7.59. The van der Waals surface area contributed by atoms with E-state index in [-0.39, 0.29) is 10.5 Å². The molecule has 0 aliphatic rings. The van der Waals surface area contributed by atoms with E-state index < -0.39 is 5.97 Å². The predicted molar refractivity (Wildman–Crippen MR) is 48.4 cm³/mol. The molecule has 0 bridgehead atoms. The molecule has 0 radical (unpaired) electrons. The number of aromatic carboxylic acids is 1. The highest BCUT2D eigenvalue weighted by molar-refractivity contribution is 7.71. The second-order valence-electron chi connectivity index (χ2n) is 2.50. The first-order chi connectivity index (χ1) is 6.68. The quantitative estimate of drug-likeness (QED) is 0.653. The van der Waals surface area contributed by atoms with Crippen molar-refractivity contribution in [3.8, 4) is 11.5 Å². The Kier molecular flexibility index (Phi) is 1.93. The van der Waals surface area contributed by atoms with Gasteiger partial charge in [-0.2, -0.15) is 0 Å². The number of carboxylic acid groups (broad SMARTS) is 1. The maximum Gasteiger partial charge on any atom is 0.354 e. The van der Waals surface area contributed by atoms with Gasteiger partial charge in [0.2, 0.25) is 0 Å². The van der Waals surface area contributed by atoms with Crippen LogP contribution in [0.1, 0.15) is 10.5 Å². The summed E-state index contributed by atoms with van der Waals surface area (Å²) in [5, 5.41) is 8.82. The number of rotatable bonds is 2. The van der Waals surface area contributed by atoms with Crippen molar-refractivity contribution in [1.29, 1.82) is 0 Å². The van der Waals surface area contributed by atoms with Crippen LogP contribution in [0.2, 0.25) is 0 Å². The van der Waals surface area contributed by atoms with Crippen molar-refractivity contribution >= 4 is 18.2 Å². The Morgan fingerprint density at radius 3 is 2.93 bits per heavy atom. The number of aromatic nitrogens is 3. The second kappa shape index (κ2) is 3.11. The van der Waals surface area contributed by atoms with Crippen LogP contribution in [0.4, 0.5) is 0 Å². The van der Waals surface area contributed by atoms with Crippen molar-refractivity contribution < 1.29 is 14.3 Å². The molecular formula is C7H5N3O3S. The Morgan fingerprint density at radius 1 is 1.57 bits per heavy atom. The Bertz CT molecular complexity index is 511. The molecule has 2 aromatic heterocycles. The van der Waals surface area contributed by atoms with Crippen LogP contribution in [-0.4, -0.2) is 26.0 Å². The summed E-state index contributed by atoms with van der Waals surface area (Å²) in [6, 6.07) is 0. The summed E-state index contributed by atoms with van der Waals surface area (Å²) in [5.74, 6) is -0.779. The van der Waals surface area contributed by atoms with Crippen LogP contribution in [0.5, 0.6) is 0 Å². The molecule has 2 aromatic rings. The fourth-order valence-corrected chi connectivity index (χ4v) is 1.27. The van der Waals surface area contributed by atoms with Gasteiger partial charge in [-0.15, -0.1) is 0 Å². The van der Waals surface area contributed by atoms with Gasteiger partial charge in [0.15, 0.2) is 22.6 Å². The minimum absolute atomic E-state index is 0.0354. The average Bonchev–Trinajstić information content (AvgIpc) is 2.70. The van der Waals surface area contributed by atoms with Crippen LogP contribution in [0.25, 0.3) is 11.5 Å². The first-order valence-corrected chi connectivity index (χ1v) is 4.04. The first-order valence-electron chi connectivity index (χ1n) is 3.63. The lowest BCUT2D eigenvalue weighted by molar-refractivity contribution is 0.0691. The highest BCUT2D eigenvalue weighted by Gasteiger charge is 2.16. The molecule has 7 heteroatoms. The van der Waals surface area contributed by atoms with E-state index in [4.69, 9.17) is 21.7 Å². The smallest absolute Gasteiger partial charge is 0.354 e. The normalized spacial score (nSPS) is 10.3. The fourth-order valence-electron chi connectivity index (χ4n) is 1.07. The molecule has 2 rings (SSSR count). The van der Waals surface area contributed by atoms with Crippen molar-refractivity contribution in [2.45, 2.75) is 0 Å². The van der Waals surface area contributed by atoms with Crippen LogP contribution in [0.3, 0.4) is 0 Å². The van der Waals surface area contributed by atoms with E-state index in [0.29, 0.717) is 11.5 Å². The Balaban J connectivity index is 2.63. The zero-order chi connectivity index (χ0) is 10.1. The molecule has 0 amide bonds. The van der Waals surface area contributed by atoms with E-state index >= 15 is 0 Å². The summed E-state index contributed by atoms with van der Waals surface area (Å²) >= 11 is 4.78. The molecule has 0 unspecified atom stereocenters. The van der Waals surface area contributed by atoms with Crippen molar-refractivity contribution in [3.63, 3.8) is 0 Å². The molecule has 0 fully saturated rings.